The van der Waals surface area contributed by atoms with E-state index in [2.05, 4.69) is 19.1 Å². The number of hydrogen-bond donors (Lipinski definition) is 0. The monoisotopic (exact) mass is 240 g/mol. The van der Waals surface area contributed by atoms with E-state index >= 15 is 0 Å². The van der Waals surface area contributed by atoms with E-state index in [0.29, 0.717) is 0 Å². The molecule has 0 amide bonds. The highest BCUT2D eigenvalue weighted by atomic mass is 35.5. The summed E-state index contributed by atoms with van der Waals surface area (Å²) in [7, 11) is 0. The molecule has 15 heavy (non-hydrogen) atoms. The molecule has 1 unspecified atom stereocenters. The van der Waals surface area contributed by atoms with E-state index in [-0.39, 0.29) is 5.38 Å². The first-order valence-corrected chi connectivity index (χ1v) is 6.23. The van der Waals surface area contributed by atoms with Crippen molar-refractivity contribution in [1.82, 2.24) is 0 Å². The number of rotatable bonds is 3. The van der Waals surface area contributed by atoms with Crippen LogP contribution in [-0.4, -0.2) is 0 Å². The van der Waals surface area contributed by atoms with Crippen molar-refractivity contribution in [3.05, 3.63) is 45.5 Å². The van der Waals surface area contributed by atoms with Crippen LogP contribution in [0.5, 0.6) is 0 Å². The zero-order chi connectivity index (χ0) is 10.8. The molecule has 0 aliphatic heterocycles. The third kappa shape index (κ3) is 2.27. The van der Waals surface area contributed by atoms with Crippen LogP contribution in [0.2, 0.25) is 0 Å². The first kappa shape index (κ1) is 10.8. The minimum Gasteiger partial charge on any atom is -0.469 e. The maximum Gasteiger partial charge on any atom is 0.101 e. The second kappa shape index (κ2) is 4.42. The summed E-state index contributed by atoms with van der Waals surface area (Å²) in [5, 5.41) is -0.0762. The van der Waals surface area contributed by atoms with Crippen molar-refractivity contribution in [1.29, 1.82) is 0 Å². The van der Waals surface area contributed by atoms with E-state index in [1.54, 1.807) is 17.6 Å². The Morgan fingerprint density at radius 2 is 2.27 bits per heavy atom. The van der Waals surface area contributed by atoms with Crippen LogP contribution in [-0.2, 0) is 6.42 Å². The molecule has 0 saturated heterocycles. The van der Waals surface area contributed by atoms with Gasteiger partial charge in [0.15, 0.2) is 0 Å². The fourth-order valence-electron chi connectivity index (χ4n) is 1.48. The zero-order valence-electron chi connectivity index (χ0n) is 8.79. The Morgan fingerprint density at radius 3 is 2.80 bits per heavy atom. The summed E-state index contributed by atoms with van der Waals surface area (Å²) in [6.45, 7) is 4.08. The molecular weight excluding hydrogens is 228 g/mol. The SMILES string of the molecule is CCc1ccc(C(Cl)c2coc(C)c2)s1. The van der Waals surface area contributed by atoms with Crippen LogP contribution in [0.1, 0.15) is 33.4 Å². The van der Waals surface area contributed by atoms with Gasteiger partial charge in [0.25, 0.3) is 0 Å². The minimum atomic E-state index is -0.0762. The third-order valence-corrected chi connectivity index (χ3v) is 4.24. The summed E-state index contributed by atoms with van der Waals surface area (Å²) in [5.74, 6) is 0.905. The Hall–Kier alpha value is -0.730. The van der Waals surface area contributed by atoms with Crippen LogP contribution in [0.4, 0.5) is 0 Å². The normalized spacial score (nSPS) is 13.0. The van der Waals surface area contributed by atoms with Gasteiger partial charge in [0, 0.05) is 15.3 Å². The predicted molar refractivity (Wildman–Crippen MR) is 64.8 cm³/mol. The lowest BCUT2D eigenvalue weighted by Gasteiger charge is -2.02. The Kier molecular flexibility index (Phi) is 3.17. The number of aryl methyl sites for hydroxylation is 2. The molecule has 2 aromatic heterocycles. The summed E-state index contributed by atoms with van der Waals surface area (Å²) < 4.78 is 5.26. The molecule has 0 aromatic carbocycles. The van der Waals surface area contributed by atoms with Crippen molar-refractivity contribution in [2.45, 2.75) is 25.6 Å². The summed E-state index contributed by atoms with van der Waals surface area (Å²) in [5.41, 5.74) is 1.04. The predicted octanol–water partition coefficient (Wildman–Crippen LogP) is 4.54. The second-order valence-corrected chi connectivity index (χ2v) is 5.15. The highest BCUT2D eigenvalue weighted by Crippen LogP contribution is 2.34. The molecule has 0 bridgehead atoms. The van der Waals surface area contributed by atoms with Gasteiger partial charge in [-0.05, 0) is 31.5 Å². The van der Waals surface area contributed by atoms with E-state index < -0.39 is 0 Å². The standard InChI is InChI=1S/C12H13ClOS/c1-3-10-4-5-11(15-10)12(13)9-6-8(2)14-7-9/h4-7,12H,3H2,1-2H3. The van der Waals surface area contributed by atoms with Gasteiger partial charge in [0.1, 0.15) is 5.76 Å². The molecule has 2 rings (SSSR count). The molecule has 2 aromatic rings. The lowest BCUT2D eigenvalue weighted by Crippen LogP contribution is -1.85. The summed E-state index contributed by atoms with van der Waals surface area (Å²) in [6, 6.07) is 6.23. The van der Waals surface area contributed by atoms with Gasteiger partial charge in [-0.15, -0.1) is 22.9 Å². The maximum absolute atomic E-state index is 6.37. The number of furan rings is 1. The summed E-state index contributed by atoms with van der Waals surface area (Å²) >= 11 is 8.14. The van der Waals surface area contributed by atoms with Crippen LogP contribution >= 0.6 is 22.9 Å². The third-order valence-electron chi connectivity index (χ3n) is 2.32. The van der Waals surface area contributed by atoms with E-state index in [1.807, 2.05) is 13.0 Å². The Balaban J connectivity index is 2.23. The van der Waals surface area contributed by atoms with E-state index in [9.17, 15) is 0 Å². The van der Waals surface area contributed by atoms with Gasteiger partial charge in [-0.3, -0.25) is 0 Å². The Labute approximate surface area is 98.7 Å². The summed E-state index contributed by atoms with van der Waals surface area (Å²) in [6.07, 6.45) is 2.80. The average Bonchev–Trinajstić information content (AvgIpc) is 2.84. The Morgan fingerprint density at radius 1 is 1.47 bits per heavy atom. The van der Waals surface area contributed by atoms with Crippen molar-refractivity contribution in [3.8, 4) is 0 Å². The number of halogens is 1. The van der Waals surface area contributed by atoms with E-state index in [0.717, 1.165) is 17.7 Å². The average molecular weight is 241 g/mol. The largest absolute Gasteiger partial charge is 0.469 e. The van der Waals surface area contributed by atoms with Crippen LogP contribution < -0.4 is 0 Å². The quantitative estimate of drug-likeness (QED) is 0.718. The van der Waals surface area contributed by atoms with Gasteiger partial charge in [-0.2, -0.15) is 0 Å². The van der Waals surface area contributed by atoms with Crippen LogP contribution in [0.15, 0.2) is 28.9 Å². The van der Waals surface area contributed by atoms with Crippen LogP contribution in [0.3, 0.4) is 0 Å². The van der Waals surface area contributed by atoms with Gasteiger partial charge in [0.2, 0.25) is 0 Å². The van der Waals surface area contributed by atoms with Crippen molar-refractivity contribution in [2.24, 2.45) is 0 Å². The van der Waals surface area contributed by atoms with Gasteiger partial charge >= 0.3 is 0 Å². The first-order chi connectivity index (χ1) is 7.20. The molecule has 0 aliphatic carbocycles. The molecule has 1 atom stereocenters. The second-order valence-electron chi connectivity index (χ2n) is 3.51. The minimum absolute atomic E-state index is 0.0762. The topological polar surface area (TPSA) is 13.1 Å². The maximum atomic E-state index is 6.37. The van der Waals surface area contributed by atoms with Crippen molar-refractivity contribution in [2.75, 3.05) is 0 Å². The molecule has 3 heteroatoms. The molecule has 0 radical (unpaired) electrons. The molecule has 80 valence electrons. The van der Waals surface area contributed by atoms with Gasteiger partial charge in [-0.1, -0.05) is 6.92 Å². The molecule has 1 nitrogen and oxygen atoms in total. The van der Waals surface area contributed by atoms with Crippen LogP contribution in [0, 0.1) is 6.92 Å². The Bertz CT molecular complexity index is 444. The lowest BCUT2D eigenvalue weighted by molar-refractivity contribution is 0.532. The highest BCUT2D eigenvalue weighted by molar-refractivity contribution is 7.12. The van der Waals surface area contributed by atoms with E-state index in [1.165, 1.54) is 9.75 Å². The lowest BCUT2D eigenvalue weighted by atomic mass is 10.2. The molecule has 0 N–H and O–H groups in total. The van der Waals surface area contributed by atoms with Crippen LogP contribution in [0.25, 0.3) is 0 Å². The van der Waals surface area contributed by atoms with Crippen molar-refractivity contribution >= 4 is 22.9 Å². The molecule has 2 heterocycles. The fraction of sp³-hybridized carbons (Fsp3) is 0.333. The van der Waals surface area contributed by atoms with Gasteiger partial charge < -0.3 is 4.42 Å². The number of thiophene rings is 1. The molecule has 0 fully saturated rings. The number of hydrogen-bond acceptors (Lipinski definition) is 2. The van der Waals surface area contributed by atoms with Gasteiger partial charge in [0.05, 0.1) is 11.6 Å². The number of alkyl halides is 1. The van der Waals surface area contributed by atoms with Crippen molar-refractivity contribution in [3.63, 3.8) is 0 Å². The molecule has 0 saturated carbocycles. The first-order valence-electron chi connectivity index (χ1n) is 4.98. The zero-order valence-corrected chi connectivity index (χ0v) is 10.4. The molecule has 0 aliphatic rings. The molecular formula is C12H13ClOS. The smallest absolute Gasteiger partial charge is 0.101 e. The van der Waals surface area contributed by atoms with E-state index in [4.69, 9.17) is 16.0 Å². The van der Waals surface area contributed by atoms with Gasteiger partial charge in [-0.25, -0.2) is 0 Å². The highest BCUT2D eigenvalue weighted by Gasteiger charge is 2.14. The fourth-order valence-corrected chi connectivity index (χ4v) is 2.76. The summed E-state index contributed by atoms with van der Waals surface area (Å²) in [4.78, 5) is 2.56. The molecule has 0 spiro atoms. The van der Waals surface area contributed by atoms with Crippen molar-refractivity contribution < 1.29 is 4.42 Å².